The molecular weight excluding hydrogens is 440 g/mol. The highest BCUT2D eigenvalue weighted by atomic mass is 16.5. The minimum absolute atomic E-state index is 0.0638. The van der Waals surface area contributed by atoms with E-state index in [1.54, 1.807) is 0 Å². The minimum atomic E-state index is -0.141. The zero-order valence-electron chi connectivity index (χ0n) is 19.7. The molecule has 8 nitrogen and oxygen atoms in total. The van der Waals surface area contributed by atoms with Crippen molar-refractivity contribution in [1.82, 2.24) is 15.3 Å². The lowest BCUT2D eigenvalue weighted by molar-refractivity contribution is 0.0946. The van der Waals surface area contributed by atoms with Gasteiger partial charge in [-0.15, -0.1) is 0 Å². The third-order valence-electron chi connectivity index (χ3n) is 6.85. The average Bonchev–Trinajstić information content (AvgIpc) is 3.76. The van der Waals surface area contributed by atoms with Gasteiger partial charge >= 0.3 is 0 Å². The number of nitrogens with one attached hydrogen (secondary N) is 2. The smallest absolute Gasteiger partial charge is 0.270 e. The van der Waals surface area contributed by atoms with E-state index < -0.39 is 0 Å². The molecule has 2 aromatic carbocycles. The molecule has 2 N–H and O–H groups in total. The van der Waals surface area contributed by atoms with Crippen LogP contribution in [-0.4, -0.2) is 55.3 Å². The van der Waals surface area contributed by atoms with Crippen molar-refractivity contribution in [2.45, 2.75) is 18.9 Å². The first-order valence-corrected chi connectivity index (χ1v) is 12.4. The average molecular weight is 471 g/mol. The molecule has 1 saturated heterocycles. The number of hydrogen-bond donors (Lipinski definition) is 2. The Morgan fingerprint density at radius 2 is 1.80 bits per heavy atom. The lowest BCUT2D eigenvalue weighted by Crippen LogP contribution is -2.38. The number of morpholine rings is 1. The SMILES string of the molecule is O=C(NCC1CC1)c1cc(N2CCOCC2)nc(N2CC(c3ccccc3)Nc3ccccc32)n1. The number of carbonyl (C=O) groups excluding carboxylic acids is 1. The first-order valence-electron chi connectivity index (χ1n) is 12.4. The maximum Gasteiger partial charge on any atom is 0.270 e. The van der Waals surface area contributed by atoms with Crippen LogP contribution in [0.15, 0.2) is 60.7 Å². The lowest BCUT2D eigenvalue weighted by Gasteiger charge is -2.37. The van der Waals surface area contributed by atoms with Crippen molar-refractivity contribution in [3.63, 3.8) is 0 Å². The second-order valence-corrected chi connectivity index (χ2v) is 9.40. The van der Waals surface area contributed by atoms with Crippen LogP contribution >= 0.6 is 0 Å². The van der Waals surface area contributed by atoms with Gasteiger partial charge in [0.1, 0.15) is 11.5 Å². The van der Waals surface area contributed by atoms with E-state index in [0.717, 1.165) is 30.3 Å². The number of rotatable bonds is 6. The summed E-state index contributed by atoms with van der Waals surface area (Å²) >= 11 is 0. The fourth-order valence-corrected chi connectivity index (χ4v) is 4.67. The quantitative estimate of drug-likeness (QED) is 0.568. The van der Waals surface area contributed by atoms with Crippen LogP contribution in [0.3, 0.4) is 0 Å². The number of ether oxygens (including phenoxy) is 1. The number of anilines is 4. The van der Waals surface area contributed by atoms with Gasteiger partial charge in [-0.1, -0.05) is 42.5 Å². The first kappa shape index (κ1) is 21.9. The maximum absolute atomic E-state index is 13.1. The van der Waals surface area contributed by atoms with E-state index in [9.17, 15) is 4.79 Å². The number of aromatic nitrogens is 2. The van der Waals surface area contributed by atoms with Crippen LogP contribution in [0.4, 0.5) is 23.1 Å². The summed E-state index contributed by atoms with van der Waals surface area (Å²) in [6.45, 7) is 4.13. The summed E-state index contributed by atoms with van der Waals surface area (Å²) in [5.74, 6) is 1.77. The van der Waals surface area contributed by atoms with E-state index in [1.807, 2.05) is 24.3 Å². The summed E-state index contributed by atoms with van der Waals surface area (Å²) in [5, 5.41) is 6.74. The fourth-order valence-electron chi connectivity index (χ4n) is 4.67. The highest BCUT2D eigenvalue weighted by Gasteiger charge is 2.29. The minimum Gasteiger partial charge on any atom is -0.378 e. The predicted molar refractivity (Wildman–Crippen MR) is 136 cm³/mol. The molecule has 1 aromatic heterocycles. The Morgan fingerprint density at radius 3 is 2.60 bits per heavy atom. The number of fused-ring (bicyclic) bond motifs is 1. The maximum atomic E-state index is 13.1. The molecule has 1 amide bonds. The normalized spacial score (nSPS) is 19.6. The lowest BCUT2D eigenvalue weighted by atomic mass is 10.0. The Balaban J connectivity index is 1.39. The monoisotopic (exact) mass is 470 g/mol. The van der Waals surface area contributed by atoms with Gasteiger partial charge in [-0.3, -0.25) is 4.79 Å². The Bertz CT molecular complexity index is 1190. The molecule has 1 atom stereocenters. The highest BCUT2D eigenvalue weighted by molar-refractivity contribution is 5.93. The van der Waals surface area contributed by atoms with E-state index in [2.05, 4.69) is 56.8 Å². The third-order valence-corrected chi connectivity index (χ3v) is 6.85. The van der Waals surface area contributed by atoms with Crippen molar-refractivity contribution in [2.24, 2.45) is 5.92 Å². The summed E-state index contributed by atoms with van der Waals surface area (Å²) in [5.41, 5.74) is 3.62. The van der Waals surface area contributed by atoms with Crippen LogP contribution in [0.1, 0.15) is 34.9 Å². The van der Waals surface area contributed by atoms with Gasteiger partial charge < -0.3 is 25.2 Å². The second kappa shape index (κ2) is 9.54. The van der Waals surface area contributed by atoms with Crippen molar-refractivity contribution in [1.29, 1.82) is 0 Å². The van der Waals surface area contributed by atoms with Gasteiger partial charge in [-0.25, -0.2) is 4.98 Å². The Labute approximate surface area is 205 Å². The number of hydrogen-bond acceptors (Lipinski definition) is 7. The van der Waals surface area contributed by atoms with E-state index in [1.165, 1.54) is 18.4 Å². The predicted octanol–water partition coefficient (Wildman–Crippen LogP) is 3.76. The largest absolute Gasteiger partial charge is 0.378 e. The number of amides is 1. The molecule has 1 saturated carbocycles. The molecule has 6 rings (SSSR count). The van der Waals surface area contributed by atoms with Crippen molar-refractivity contribution in [3.8, 4) is 0 Å². The molecule has 0 bridgehead atoms. The molecule has 1 unspecified atom stereocenters. The van der Waals surface area contributed by atoms with Crippen molar-refractivity contribution >= 4 is 29.0 Å². The second-order valence-electron chi connectivity index (χ2n) is 9.40. The topological polar surface area (TPSA) is 82.6 Å². The van der Waals surface area contributed by atoms with Crippen LogP contribution in [0, 0.1) is 5.92 Å². The summed E-state index contributed by atoms with van der Waals surface area (Å²) < 4.78 is 5.54. The van der Waals surface area contributed by atoms with E-state index >= 15 is 0 Å². The van der Waals surface area contributed by atoms with Crippen LogP contribution in [0.25, 0.3) is 0 Å². The van der Waals surface area contributed by atoms with Crippen LogP contribution in [0.5, 0.6) is 0 Å². The standard InChI is InChI=1S/C27H30N6O2/c34-26(28-17-19-10-11-19)22-16-25(32-12-14-35-15-13-32)31-27(30-22)33-18-23(20-6-2-1-3-7-20)29-21-8-4-5-9-24(21)33/h1-9,16,19,23,29H,10-15,17-18H2,(H,28,34). The van der Waals surface area contributed by atoms with Crippen molar-refractivity contribution < 1.29 is 9.53 Å². The first-order chi connectivity index (χ1) is 17.2. The summed E-state index contributed by atoms with van der Waals surface area (Å²) in [6.07, 6.45) is 2.37. The molecule has 35 heavy (non-hydrogen) atoms. The fraction of sp³-hybridized carbons (Fsp3) is 0.370. The van der Waals surface area contributed by atoms with E-state index in [0.29, 0.717) is 43.9 Å². The zero-order chi connectivity index (χ0) is 23.6. The highest BCUT2D eigenvalue weighted by Crippen LogP contribution is 2.39. The van der Waals surface area contributed by atoms with Gasteiger partial charge in [0, 0.05) is 25.7 Å². The van der Waals surface area contributed by atoms with Gasteiger partial charge in [-0.2, -0.15) is 4.98 Å². The van der Waals surface area contributed by atoms with E-state index in [-0.39, 0.29) is 11.9 Å². The molecule has 1 aliphatic carbocycles. The Morgan fingerprint density at radius 1 is 1.03 bits per heavy atom. The third kappa shape index (κ3) is 4.79. The van der Waals surface area contributed by atoms with Gasteiger partial charge in [0.15, 0.2) is 0 Å². The van der Waals surface area contributed by atoms with E-state index in [4.69, 9.17) is 14.7 Å². The van der Waals surface area contributed by atoms with Gasteiger partial charge in [0.2, 0.25) is 5.95 Å². The molecule has 3 heterocycles. The molecule has 3 aliphatic rings. The molecule has 8 heteroatoms. The molecule has 0 radical (unpaired) electrons. The molecule has 0 spiro atoms. The number of benzene rings is 2. The molecule has 2 fully saturated rings. The van der Waals surface area contributed by atoms with Crippen molar-refractivity contribution in [3.05, 3.63) is 71.9 Å². The summed E-state index contributed by atoms with van der Waals surface area (Å²) in [7, 11) is 0. The van der Waals surface area contributed by atoms with Crippen LogP contribution in [0.2, 0.25) is 0 Å². The number of para-hydroxylation sites is 2. The Kier molecular flexibility index (Phi) is 5.96. The summed E-state index contributed by atoms with van der Waals surface area (Å²) in [4.78, 5) is 27.2. The van der Waals surface area contributed by atoms with Crippen molar-refractivity contribution in [2.75, 3.05) is 54.5 Å². The number of nitrogens with zero attached hydrogens (tertiary/aromatic N) is 4. The van der Waals surface area contributed by atoms with Gasteiger partial charge in [0.05, 0.1) is 37.2 Å². The molecule has 2 aliphatic heterocycles. The molecule has 3 aromatic rings. The zero-order valence-corrected chi connectivity index (χ0v) is 19.7. The van der Waals surface area contributed by atoms with Gasteiger partial charge in [0.25, 0.3) is 5.91 Å². The number of carbonyl (C=O) groups is 1. The van der Waals surface area contributed by atoms with Gasteiger partial charge in [-0.05, 0) is 36.5 Å². The summed E-state index contributed by atoms with van der Waals surface area (Å²) in [6, 6.07) is 20.5. The Hall–Kier alpha value is -3.65. The van der Waals surface area contributed by atoms with Crippen LogP contribution < -0.4 is 20.4 Å². The molecule has 180 valence electrons. The molecular formula is C27H30N6O2. The van der Waals surface area contributed by atoms with Crippen LogP contribution in [-0.2, 0) is 4.74 Å².